The highest BCUT2D eigenvalue weighted by molar-refractivity contribution is 6.32. The van der Waals surface area contributed by atoms with Crippen molar-refractivity contribution in [3.63, 3.8) is 0 Å². The molecule has 4 nitrogen and oxygen atoms in total. The Labute approximate surface area is 135 Å². The molecule has 2 N–H and O–H groups in total. The molecule has 7 heteroatoms. The number of halogens is 3. The first-order chi connectivity index (χ1) is 10.8. The molecule has 3 aromatic rings. The molecule has 0 bridgehead atoms. The fraction of sp³-hybridized carbons (Fsp3) is 0.125. The molecule has 0 amide bonds. The second kappa shape index (κ2) is 5.31. The number of hydrogen-bond acceptors (Lipinski definition) is 3. The Bertz CT molecular complexity index is 964. The van der Waals surface area contributed by atoms with E-state index in [9.17, 15) is 13.6 Å². The number of benzene rings is 2. The van der Waals surface area contributed by atoms with Crippen LogP contribution < -0.4 is 11.4 Å². The quantitative estimate of drug-likeness (QED) is 0.776. The first-order valence-electron chi connectivity index (χ1n) is 6.74. The van der Waals surface area contributed by atoms with Crippen LogP contribution in [0.15, 0.2) is 47.3 Å². The summed E-state index contributed by atoms with van der Waals surface area (Å²) in [4.78, 5) is 16.0. The molecule has 0 unspecified atom stereocenters. The van der Waals surface area contributed by atoms with Gasteiger partial charge in [0.2, 0.25) is 0 Å². The van der Waals surface area contributed by atoms with Crippen molar-refractivity contribution in [1.82, 2.24) is 9.55 Å². The van der Waals surface area contributed by atoms with Gasteiger partial charge in [-0.25, -0.2) is 13.6 Å². The molecule has 1 aromatic heterocycles. The summed E-state index contributed by atoms with van der Waals surface area (Å²) in [6.45, 7) is 0.788. The first-order valence-corrected chi connectivity index (χ1v) is 7.12. The summed E-state index contributed by atoms with van der Waals surface area (Å²) < 4.78 is 28.5. The highest BCUT2D eigenvalue weighted by Gasteiger charge is 2.25. The zero-order valence-electron chi connectivity index (χ0n) is 12.1. The third-order valence-electron chi connectivity index (χ3n) is 3.52. The van der Waals surface area contributed by atoms with E-state index in [4.69, 9.17) is 17.3 Å². The summed E-state index contributed by atoms with van der Waals surface area (Å²) in [5.41, 5.74) is 5.44. The Hall–Kier alpha value is -2.47. The van der Waals surface area contributed by atoms with Crippen LogP contribution in [0.2, 0.25) is 5.02 Å². The van der Waals surface area contributed by atoms with Crippen molar-refractivity contribution in [3.05, 3.63) is 63.5 Å². The summed E-state index contributed by atoms with van der Waals surface area (Å²) in [5, 5.41) is 0.702. The number of hydrogen-bond donors (Lipinski definition) is 1. The number of rotatable bonds is 2. The van der Waals surface area contributed by atoms with Crippen LogP contribution in [0.5, 0.6) is 0 Å². The topological polar surface area (TPSA) is 60.9 Å². The monoisotopic (exact) mass is 335 g/mol. The second-order valence-electron chi connectivity index (χ2n) is 5.19. The Morgan fingerprint density at radius 2 is 1.91 bits per heavy atom. The third kappa shape index (κ3) is 2.66. The Morgan fingerprint density at radius 1 is 1.22 bits per heavy atom. The molecule has 0 aliphatic heterocycles. The summed E-state index contributed by atoms with van der Waals surface area (Å²) in [6.07, 6.45) is 0. The van der Waals surface area contributed by atoms with Crippen molar-refractivity contribution >= 4 is 28.3 Å². The fourth-order valence-corrected chi connectivity index (χ4v) is 2.61. The number of nitrogens with zero attached hydrogens (tertiary/aromatic N) is 2. The molecule has 0 aliphatic rings. The van der Waals surface area contributed by atoms with Crippen LogP contribution >= 0.6 is 11.6 Å². The summed E-state index contributed by atoms with van der Waals surface area (Å²) in [6, 6.07) is 10.5. The van der Waals surface area contributed by atoms with Crippen LogP contribution in [0.25, 0.3) is 16.6 Å². The number of para-hydroxylation sites is 1. The molecule has 0 saturated carbocycles. The predicted molar refractivity (Wildman–Crippen MR) is 86.3 cm³/mol. The van der Waals surface area contributed by atoms with Gasteiger partial charge in [-0.05, 0) is 24.3 Å². The van der Waals surface area contributed by atoms with Gasteiger partial charge in [0, 0.05) is 17.9 Å². The Balaban J connectivity index is 2.46. The van der Waals surface area contributed by atoms with E-state index in [-0.39, 0.29) is 16.9 Å². The number of alkyl halides is 2. The molecule has 0 radical (unpaired) electrons. The van der Waals surface area contributed by atoms with Crippen LogP contribution in [0.4, 0.5) is 14.6 Å². The van der Waals surface area contributed by atoms with Gasteiger partial charge in [0.15, 0.2) is 0 Å². The molecular formula is C16H12ClF2N3O. The Morgan fingerprint density at radius 3 is 2.57 bits per heavy atom. The van der Waals surface area contributed by atoms with Gasteiger partial charge in [0.25, 0.3) is 5.92 Å². The van der Waals surface area contributed by atoms with Crippen molar-refractivity contribution in [1.29, 1.82) is 0 Å². The molecule has 2 aromatic carbocycles. The van der Waals surface area contributed by atoms with Crippen molar-refractivity contribution in [2.45, 2.75) is 12.8 Å². The van der Waals surface area contributed by atoms with Gasteiger partial charge >= 0.3 is 5.69 Å². The van der Waals surface area contributed by atoms with E-state index >= 15 is 0 Å². The minimum atomic E-state index is -3.05. The van der Waals surface area contributed by atoms with E-state index in [2.05, 4.69) is 4.98 Å². The number of nitrogens with two attached hydrogens (primary N) is 1. The van der Waals surface area contributed by atoms with Crippen molar-refractivity contribution in [2.75, 3.05) is 5.73 Å². The van der Waals surface area contributed by atoms with Crippen LogP contribution in [0.3, 0.4) is 0 Å². The maximum Gasteiger partial charge on any atom is 0.354 e. The first kappa shape index (κ1) is 15.4. The van der Waals surface area contributed by atoms with E-state index in [0.717, 1.165) is 6.92 Å². The molecule has 0 saturated heterocycles. The standard InChI is InChI=1S/C16H12ClF2N3O/c1-16(18,19)9-6-7-10-13(8-9)22(15(23)21-14(10)20)12-5-3-2-4-11(12)17/h2-8H,1H3,(H2,20,21,23). The van der Waals surface area contributed by atoms with Crippen molar-refractivity contribution < 1.29 is 8.78 Å². The summed E-state index contributed by atoms with van der Waals surface area (Å²) in [7, 11) is 0. The maximum atomic E-state index is 13.6. The van der Waals surface area contributed by atoms with Crippen molar-refractivity contribution in [3.8, 4) is 5.69 Å². The molecular weight excluding hydrogens is 324 g/mol. The smallest absolute Gasteiger partial charge is 0.354 e. The average Bonchev–Trinajstić information content (AvgIpc) is 2.47. The molecule has 0 atom stereocenters. The van der Waals surface area contributed by atoms with Gasteiger partial charge in [-0.2, -0.15) is 4.98 Å². The Kier molecular flexibility index (Phi) is 3.56. The van der Waals surface area contributed by atoms with Gasteiger partial charge in [0.1, 0.15) is 5.82 Å². The van der Waals surface area contributed by atoms with Crippen LogP contribution in [0.1, 0.15) is 12.5 Å². The van der Waals surface area contributed by atoms with Gasteiger partial charge in [-0.15, -0.1) is 0 Å². The van der Waals surface area contributed by atoms with Gasteiger partial charge in [-0.3, -0.25) is 4.57 Å². The largest absolute Gasteiger partial charge is 0.383 e. The lowest BCUT2D eigenvalue weighted by molar-refractivity contribution is 0.0176. The molecule has 118 valence electrons. The lowest BCUT2D eigenvalue weighted by Gasteiger charge is -2.16. The molecule has 1 heterocycles. The fourth-order valence-electron chi connectivity index (χ4n) is 2.39. The number of nitrogen functional groups attached to an aromatic ring is 1. The zero-order chi connectivity index (χ0) is 16.8. The number of anilines is 1. The lowest BCUT2D eigenvalue weighted by atomic mass is 10.1. The molecule has 0 spiro atoms. The zero-order valence-corrected chi connectivity index (χ0v) is 12.8. The maximum absolute atomic E-state index is 13.6. The second-order valence-corrected chi connectivity index (χ2v) is 5.59. The van der Waals surface area contributed by atoms with E-state index in [1.54, 1.807) is 24.3 Å². The molecule has 0 fully saturated rings. The number of aromatic nitrogens is 2. The van der Waals surface area contributed by atoms with Crippen LogP contribution in [-0.2, 0) is 5.92 Å². The SMILES string of the molecule is CC(F)(F)c1ccc2c(N)nc(=O)n(-c3ccccc3Cl)c2c1. The van der Waals surface area contributed by atoms with Gasteiger partial charge < -0.3 is 5.73 Å². The molecule has 3 rings (SSSR count). The van der Waals surface area contributed by atoms with Gasteiger partial charge in [-0.1, -0.05) is 29.8 Å². The highest BCUT2D eigenvalue weighted by atomic mass is 35.5. The minimum absolute atomic E-state index is 0.0146. The number of fused-ring (bicyclic) bond motifs is 1. The third-order valence-corrected chi connectivity index (χ3v) is 3.84. The van der Waals surface area contributed by atoms with Gasteiger partial charge in [0.05, 0.1) is 16.2 Å². The van der Waals surface area contributed by atoms with Crippen LogP contribution in [0, 0.1) is 0 Å². The van der Waals surface area contributed by atoms with E-state index in [0.29, 0.717) is 16.1 Å². The predicted octanol–water partition coefficient (Wildman–Crippen LogP) is 3.73. The average molecular weight is 336 g/mol. The normalized spacial score (nSPS) is 11.8. The van der Waals surface area contributed by atoms with Crippen LogP contribution in [-0.4, -0.2) is 9.55 Å². The highest BCUT2D eigenvalue weighted by Crippen LogP contribution is 2.31. The van der Waals surface area contributed by atoms with Crippen molar-refractivity contribution in [2.24, 2.45) is 0 Å². The summed E-state index contributed by atoms with van der Waals surface area (Å²) >= 11 is 6.13. The van der Waals surface area contributed by atoms with E-state index in [1.807, 2.05) is 0 Å². The lowest BCUT2D eigenvalue weighted by Crippen LogP contribution is -2.24. The minimum Gasteiger partial charge on any atom is -0.383 e. The molecule has 23 heavy (non-hydrogen) atoms. The molecule has 0 aliphatic carbocycles. The van der Waals surface area contributed by atoms with E-state index < -0.39 is 11.6 Å². The summed E-state index contributed by atoms with van der Waals surface area (Å²) in [5.74, 6) is -3.06. The van der Waals surface area contributed by atoms with E-state index in [1.165, 1.54) is 22.8 Å².